The topological polar surface area (TPSA) is 83.0 Å². The highest BCUT2D eigenvalue weighted by molar-refractivity contribution is 6.31. The van der Waals surface area contributed by atoms with Crippen molar-refractivity contribution in [3.63, 3.8) is 0 Å². The maximum Gasteiger partial charge on any atom is 0.225 e. The Labute approximate surface area is 155 Å². The molecule has 0 aliphatic carbocycles. The molecule has 26 heavy (non-hydrogen) atoms. The summed E-state index contributed by atoms with van der Waals surface area (Å²) in [4.78, 5) is 12.9. The van der Waals surface area contributed by atoms with E-state index >= 15 is 0 Å². The van der Waals surface area contributed by atoms with Crippen LogP contribution in [0.25, 0.3) is 11.3 Å². The van der Waals surface area contributed by atoms with Gasteiger partial charge in [-0.1, -0.05) is 11.6 Å². The summed E-state index contributed by atoms with van der Waals surface area (Å²) in [5, 5.41) is 15.4. The zero-order valence-corrected chi connectivity index (χ0v) is 14.7. The monoisotopic (exact) mass is 373 g/mol. The van der Waals surface area contributed by atoms with E-state index in [4.69, 9.17) is 11.6 Å². The molecule has 1 aromatic carbocycles. The molecule has 3 N–H and O–H groups in total. The first kappa shape index (κ1) is 18.0. The zero-order valence-electron chi connectivity index (χ0n) is 13.9. The number of nitrogens with one attached hydrogen (secondary N) is 2. The van der Waals surface area contributed by atoms with Crippen LogP contribution in [0, 0.1) is 5.82 Å². The summed E-state index contributed by atoms with van der Waals surface area (Å²) >= 11 is 5.83. The quantitative estimate of drug-likeness (QED) is 0.608. The Balaban J connectivity index is 1.97. The first-order valence-electron chi connectivity index (χ1n) is 7.94. The van der Waals surface area contributed by atoms with Gasteiger partial charge in [0, 0.05) is 35.8 Å². The van der Waals surface area contributed by atoms with Crippen LogP contribution in [0.5, 0.6) is 0 Å². The van der Waals surface area contributed by atoms with E-state index in [-0.39, 0.29) is 17.7 Å². The van der Waals surface area contributed by atoms with Gasteiger partial charge in [0.25, 0.3) is 0 Å². The Morgan fingerprint density at radius 2 is 1.92 bits per heavy atom. The van der Waals surface area contributed by atoms with Crippen LogP contribution < -0.4 is 10.6 Å². The molecular weight excluding hydrogens is 357 g/mol. The SMILES string of the molecule is C[C@H](CO)Nc1nc(Nc2ccc(F)c(Cl)c2)cc(-c2ccncc2)n1. The lowest BCUT2D eigenvalue weighted by molar-refractivity contribution is 0.281. The maximum atomic E-state index is 13.3. The molecule has 0 spiro atoms. The normalized spacial score (nSPS) is 11.8. The second-order valence-corrected chi connectivity index (χ2v) is 6.09. The Morgan fingerprint density at radius 3 is 2.62 bits per heavy atom. The molecule has 0 amide bonds. The van der Waals surface area contributed by atoms with Crippen molar-refractivity contribution in [2.24, 2.45) is 0 Å². The van der Waals surface area contributed by atoms with Crippen LogP contribution in [0.3, 0.4) is 0 Å². The van der Waals surface area contributed by atoms with Crippen LogP contribution in [-0.2, 0) is 0 Å². The maximum absolute atomic E-state index is 13.3. The van der Waals surface area contributed by atoms with Gasteiger partial charge in [0.1, 0.15) is 11.6 Å². The molecule has 3 aromatic rings. The van der Waals surface area contributed by atoms with Gasteiger partial charge >= 0.3 is 0 Å². The minimum atomic E-state index is -0.489. The first-order valence-corrected chi connectivity index (χ1v) is 8.32. The van der Waals surface area contributed by atoms with Crippen molar-refractivity contribution in [3.05, 3.63) is 59.6 Å². The van der Waals surface area contributed by atoms with E-state index in [2.05, 4.69) is 25.6 Å². The van der Waals surface area contributed by atoms with Crippen molar-refractivity contribution in [1.29, 1.82) is 0 Å². The van der Waals surface area contributed by atoms with Gasteiger partial charge in [-0.05, 0) is 37.3 Å². The van der Waals surface area contributed by atoms with E-state index in [1.165, 1.54) is 12.1 Å². The van der Waals surface area contributed by atoms with E-state index in [9.17, 15) is 9.50 Å². The summed E-state index contributed by atoms with van der Waals surface area (Å²) in [6.45, 7) is 1.76. The number of hydrogen-bond donors (Lipinski definition) is 3. The third-order valence-corrected chi connectivity index (χ3v) is 3.83. The number of benzene rings is 1. The molecule has 6 nitrogen and oxygen atoms in total. The van der Waals surface area contributed by atoms with Gasteiger partial charge in [0.15, 0.2) is 0 Å². The van der Waals surface area contributed by atoms with Crippen LogP contribution in [0.2, 0.25) is 5.02 Å². The van der Waals surface area contributed by atoms with Gasteiger partial charge in [-0.3, -0.25) is 4.98 Å². The lowest BCUT2D eigenvalue weighted by Gasteiger charge is -2.14. The van der Waals surface area contributed by atoms with Gasteiger partial charge in [-0.2, -0.15) is 4.98 Å². The van der Waals surface area contributed by atoms with Crippen LogP contribution in [-0.4, -0.2) is 32.7 Å². The summed E-state index contributed by atoms with van der Waals surface area (Å²) in [6.07, 6.45) is 3.35. The van der Waals surface area contributed by atoms with Crippen molar-refractivity contribution in [2.75, 3.05) is 17.2 Å². The zero-order chi connectivity index (χ0) is 18.5. The van der Waals surface area contributed by atoms with Crippen LogP contribution >= 0.6 is 11.6 Å². The molecule has 3 rings (SSSR count). The van der Waals surface area contributed by atoms with Crippen LogP contribution in [0.1, 0.15) is 6.92 Å². The summed E-state index contributed by atoms with van der Waals surface area (Å²) < 4.78 is 13.3. The number of pyridine rings is 1. The fourth-order valence-corrected chi connectivity index (χ4v) is 2.41. The number of nitrogens with zero attached hydrogens (tertiary/aromatic N) is 3. The van der Waals surface area contributed by atoms with Crippen molar-refractivity contribution >= 4 is 29.1 Å². The van der Waals surface area contributed by atoms with Gasteiger partial charge in [0.05, 0.1) is 17.3 Å². The van der Waals surface area contributed by atoms with E-state index in [0.717, 1.165) is 5.56 Å². The second-order valence-electron chi connectivity index (χ2n) is 5.68. The molecule has 0 unspecified atom stereocenters. The highest BCUT2D eigenvalue weighted by Crippen LogP contribution is 2.25. The summed E-state index contributed by atoms with van der Waals surface area (Å²) in [5.74, 6) is 0.371. The number of halogens is 2. The molecule has 0 bridgehead atoms. The Morgan fingerprint density at radius 1 is 1.15 bits per heavy atom. The van der Waals surface area contributed by atoms with Gasteiger partial charge in [-0.15, -0.1) is 0 Å². The van der Waals surface area contributed by atoms with Crippen molar-refractivity contribution < 1.29 is 9.50 Å². The highest BCUT2D eigenvalue weighted by Gasteiger charge is 2.10. The Bertz CT molecular complexity index is 894. The molecule has 1 atom stereocenters. The smallest absolute Gasteiger partial charge is 0.225 e. The molecule has 8 heteroatoms. The summed E-state index contributed by atoms with van der Waals surface area (Å²) in [5.41, 5.74) is 2.13. The molecule has 2 heterocycles. The average Bonchev–Trinajstić information content (AvgIpc) is 2.65. The van der Waals surface area contributed by atoms with E-state index in [1.54, 1.807) is 24.5 Å². The molecule has 0 aliphatic heterocycles. The van der Waals surface area contributed by atoms with Crippen molar-refractivity contribution in [1.82, 2.24) is 15.0 Å². The lowest BCUT2D eigenvalue weighted by Crippen LogP contribution is -2.21. The molecule has 0 aliphatic rings. The number of anilines is 3. The molecule has 0 fully saturated rings. The lowest BCUT2D eigenvalue weighted by atomic mass is 10.2. The van der Waals surface area contributed by atoms with E-state index in [1.807, 2.05) is 19.1 Å². The fraction of sp³-hybridized carbons (Fsp3) is 0.167. The molecular formula is C18H17ClFN5O. The van der Waals surface area contributed by atoms with E-state index < -0.39 is 5.82 Å². The number of aliphatic hydroxyl groups excluding tert-OH is 1. The number of rotatable bonds is 6. The number of aliphatic hydroxyl groups is 1. The third-order valence-electron chi connectivity index (χ3n) is 3.54. The van der Waals surface area contributed by atoms with Crippen LogP contribution in [0.15, 0.2) is 48.8 Å². The second kappa shape index (κ2) is 8.07. The summed E-state index contributed by atoms with van der Waals surface area (Å²) in [7, 11) is 0. The van der Waals surface area contributed by atoms with Gasteiger partial charge < -0.3 is 15.7 Å². The van der Waals surface area contributed by atoms with Gasteiger partial charge in [-0.25, -0.2) is 9.37 Å². The van der Waals surface area contributed by atoms with Gasteiger partial charge in [0.2, 0.25) is 5.95 Å². The largest absolute Gasteiger partial charge is 0.394 e. The Kier molecular flexibility index (Phi) is 5.60. The predicted octanol–water partition coefficient (Wildman–Crippen LogP) is 3.87. The van der Waals surface area contributed by atoms with Crippen molar-refractivity contribution in [3.8, 4) is 11.3 Å². The number of aromatic nitrogens is 3. The average molecular weight is 374 g/mol. The molecule has 134 valence electrons. The predicted molar refractivity (Wildman–Crippen MR) is 100 cm³/mol. The highest BCUT2D eigenvalue weighted by atomic mass is 35.5. The minimum Gasteiger partial charge on any atom is -0.394 e. The minimum absolute atomic E-state index is 0.0191. The first-order chi connectivity index (χ1) is 12.5. The molecule has 0 saturated carbocycles. The van der Waals surface area contributed by atoms with Crippen molar-refractivity contribution in [2.45, 2.75) is 13.0 Å². The van der Waals surface area contributed by atoms with Crippen LogP contribution in [0.4, 0.5) is 21.8 Å². The summed E-state index contributed by atoms with van der Waals surface area (Å²) in [6, 6.07) is 9.55. The molecule has 0 saturated heterocycles. The standard InChI is InChI=1S/C18H17ClFN5O/c1-11(10-26)22-18-24-16(12-4-6-21-7-5-12)9-17(25-18)23-13-2-3-15(20)14(19)8-13/h2-9,11,26H,10H2,1H3,(H2,22,23,24,25)/t11-/m1/s1. The Hall–Kier alpha value is -2.77. The molecule has 0 radical (unpaired) electrons. The molecule has 2 aromatic heterocycles. The third kappa shape index (κ3) is 4.44. The number of hydrogen-bond acceptors (Lipinski definition) is 6. The fourth-order valence-electron chi connectivity index (χ4n) is 2.23. The van der Waals surface area contributed by atoms with E-state index in [0.29, 0.717) is 23.1 Å².